The third kappa shape index (κ3) is 4.43. The smallest absolute Gasteiger partial charge is 0.339 e. The van der Waals surface area contributed by atoms with Gasteiger partial charge in [-0.1, -0.05) is 20.3 Å². The highest BCUT2D eigenvalue weighted by Crippen LogP contribution is 2.21. The van der Waals surface area contributed by atoms with Crippen LogP contribution in [0.3, 0.4) is 0 Å². The fraction of sp³-hybridized carbons (Fsp3) is 0.529. The van der Waals surface area contributed by atoms with Crippen LogP contribution in [0.25, 0.3) is 11.0 Å². The fourth-order valence-electron chi connectivity index (χ4n) is 2.67. The van der Waals surface area contributed by atoms with Gasteiger partial charge in [0, 0.05) is 18.7 Å². The van der Waals surface area contributed by atoms with Crippen molar-refractivity contribution in [2.24, 2.45) is 5.92 Å². The van der Waals surface area contributed by atoms with Crippen LogP contribution >= 0.6 is 0 Å². The van der Waals surface area contributed by atoms with E-state index in [-0.39, 0.29) is 22.5 Å². The minimum absolute atomic E-state index is 0.0766. The first-order valence-electron chi connectivity index (χ1n) is 8.24. The minimum atomic E-state index is -4.52. The van der Waals surface area contributed by atoms with Gasteiger partial charge >= 0.3 is 11.9 Å². The Labute approximate surface area is 143 Å². The van der Waals surface area contributed by atoms with Crippen molar-refractivity contribution in [1.29, 1.82) is 0 Å². The van der Waals surface area contributed by atoms with E-state index < -0.39 is 18.4 Å². The van der Waals surface area contributed by atoms with Crippen LogP contribution < -0.4 is 5.69 Å². The first-order valence-corrected chi connectivity index (χ1v) is 8.24. The number of carbonyl (C=O) groups excluding carboxylic acids is 1. The molecule has 1 amide bonds. The lowest BCUT2D eigenvalue weighted by atomic mass is 10.1. The van der Waals surface area contributed by atoms with Crippen molar-refractivity contribution in [3.63, 3.8) is 0 Å². The van der Waals surface area contributed by atoms with Crippen LogP contribution in [0.15, 0.2) is 23.0 Å². The number of hydrogen-bond acceptors (Lipinski definition) is 2. The summed E-state index contributed by atoms with van der Waals surface area (Å²) in [5, 5.41) is 0. The normalized spacial score (nSPS) is 13.2. The molecule has 5 nitrogen and oxygen atoms in total. The number of nitrogens with zero attached hydrogens (tertiary/aromatic N) is 2. The Balaban J connectivity index is 2.40. The van der Waals surface area contributed by atoms with Gasteiger partial charge in [-0.2, -0.15) is 13.2 Å². The molecule has 1 N–H and O–H groups in total. The molecule has 8 heteroatoms. The van der Waals surface area contributed by atoms with Gasteiger partial charge in [0.2, 0.25) is 0 Å². The lowest BCUT2D eigenvalue weighted by molar-refractivity contribution is -0.140. The summed E-state index contributed by atoms with van der Waals surface area (Å²) in [4.78, 5) is 28.5. The molecular formula is C17H22F3N3O2. The van der Waals surface area contributed by atoms with Gasteiger partial charge in [-0.15, -0.1) is 0 Å². The number of imidazole rings is 1. The number of benzene rings is 1. The largest absolute Gasteiger partial charge is 0.406 e. The van der Waals surface area contributed by atoms with Crippen LogP contribution in [0.4, 0.5) is 13.2 Å². The van der Waals surface area contributed by atoms with E-state index in [0.29, 0.717) is 23.6 Å². The molecule has 1 aromatic heterocycles. The molecule has 0 fully saturated rings. The first-order chi connectivity index (χ1) is 11.7. The lowest BCUT2D eigenvalue weighted by Crippen LogP contribution is -2.34. The van der Waals surface area contributed by atoms with Gasteiger partial charge in [0.25, 0.3) is 5.91 Å². The van der Waals surface area contributed by atoms with Gasteiger partial charge in [0.15, 0.2) is 0 Å². The van der Waals surface area contributed by atoms with Crippen molar-refractivity contribution in [3.8, 4) is 0 Å². The molecule has 0 aliphatic rings. The molecule has 1 atom stereocenters. The second-order valence-electron chi connectivity index (χ2n) is 6.22. The summed E-state index contributed by atoms with van der Waals surface area (Å²) in [7, 11) is 0. The van der Waals surface area contributed by atoms with E-state index in [9.17, 15) is 22.8 Å². The van der Waals surface area contributed by atoms with Crippen molar-refractivity contribution in [3.05, 3.63) is 34.2 Å². The summed E-state index contributed by atoms with van der Waals surface area (Å²) in [5.41, 5.74) is -0.222. The number of rotatable bonds is 6. The lowest BCUT2D eigenvalue weighted by Gasteiger charge is -2.24. The van der Waals surface area contributed by atoms with Crippen LogP contribution in [0.5, 0.6) is 0 Å². The molecule has 1 aromatic carbocycles. The highest BCUT2D eigenvalue weighted by Gasteiger charge is 2.30. The maximum absolute atomic E-state index is 12.7. The van der Waals surface area contributed by atoms with E-state index in [4.69, 9.17) is 0 Å². The van der Waals surface area contributed by atoms with Crippen LogP contribution in [0.1, 0.15) is 37.6 Å². The first kappa shape index (κ1) is 19.1. The quantitative estimate of drug-likeness (QED) is 0.861. The van der Waals surface area contributed by atoms with Gasteiger partial charge in [0.1, 0.15) is 6.54 Å². The van der Waals surface area contributed by atoms with E-state index in [1.807, 2.05) is 20.8 Å². The second kappa shape index (κ2) is 7.33. The summed E-state index contributed by atoms with van der Waals surface area (Å²) in [5.74, 6) is 0.0696. The van der Waals surface area contributed by atoms with Crippen LogP contribution in [-0.2, 0) is 6.54 Å². The molecule has 0 saturated heterocycles. The topological polar surface area (TPSA) is 58.1 Å². The number of nitrogens with one attached hydrogen (secondary N) is 1. The second-order valence-corrected chi connectivity index (χ2v) is 6.22. The van der Waals surface area contributed by atoms with Gasteiger partial charge < -0.3 is 9.88 Å². The Morgan fingerprint density at radius 2 is 2.00 bits per heavy atom. The van der Waals surface area contributed by atoms with Crippen molar-refractivity contribution in [2.75, 3.05) is 13.1 Å². The molecule has 0 aliphatic heterocycles. The molecule has 0 saturated carbocycles. The molecule has 1 heterocycles. The zero-order valence-electron chi connectivity index (χ0n) is 14.5. The third-order valence-electron chi connectivity index (χ3n) is 4.26. The molecule has 0 aliphatic carbocycles. The molecule has 0 radical (unpaired) electrons. The van der Waals surface area contributed by atoms with Crippen molar-refractivity contribution in [1.82, 2.24) is 14.5 Å². The van der Waals surface area contributed by atoms with E-state index >= 15 is 0 Å². The SMILES string of the molecule is CCC(C)CN(CC)C(=O)c1ccc2[nH]c(=O)n(CC(F)(F)F)c2c1. The number of H-pyrrole nitrogens is 1. The Bertz CT molecular complexity index is 808. The number of fused-ring (bicyclic) bond motifs is 1. The summed E-state index contributed by atoms with van der Waals surface area (Å²) >= 11 is 0. The van der Waals surface area contributed by atoms with Gasteiger partial charge in [-0.05, 0) is 31.0 Å². The van der Waals surface area contributed by atoms with Crippen molar-refractivity contribution < 1.29 is 18.0 Å². The molecule has 1 unspecified atom stereocenters. The predicted molar refractivity (Wildman–Crippen MR) is 89.6 cm³/mol. The average molecular weight is 357 g/mol. The number of aromatic amines is 1. The number of amides is 1. The summed E-state index contributed by atoms with van der Waals surface area (Å²) in [6.07, 6.45) is -3.60. The maximum Gasteiger partial charge on any atom is 0.406 e. The Hall–Kier alpha value is -2.25. The Morgan fingerprint density at radius 3 is 2.56 bits per heavy atom. The van der Waals surface area contributed by atoms with E-state index in [1.54, 1.807) is 4.90 Å². The van der Waals surface area contributed by atoms with Gasteiger partial charge in [0.05, 0.1) is 11.0 Å². The fourth-order valence-corrected chi connectivity index (χ4v) is 2.67. The summed E-state index contributed by atoms with van der Waals surface area (Å²) < 4.78 is 38.7. The number of carbonyl (C=O) groups is 1. The monoisotopic (exact) mass is 357 g/mol. The van der Waals surface area contributed by atoms with Gasteiger partial charge in [-0.25, -0.2) is 4.79 Å². The Morgan fingerprint density at radius 1 is 1.32 bits per heavy atom. The third-order valence-corrected chi connectivity index (χ3v) is 4.26. The van der Waals surface area contributed by atoms with Crippen LogP contribution in [0, 0.1) is 5.92 Å². The van der Waals surface area contributed by atoms with E-state index in [2.05, 4.69) is 4.98 Å². The molecular weight excluding hydrogens is 335 g/mol. The molecule has 0 bridgehead atoms. The van der Waals surface area contributed by atoms with Crippen LogP contribution in [-0.4, -0.2) is 39.6 Å². The number of hydrogen-bond donors (Lipinski definition) is 1. The molecule has 2 aromatic rings. The highest BCUT2D eigenvalue weighted by molar-refractivity contribution is 5.97. The molecule has 25 heavy (non-hydrogen) atoms. The summed E-state index contributed by atoms with van der Waals surface area (Å²) in [6, 6.07) is 4.34. The van der Waals surface area contributed by atoms with Crippen LogP contribution in [0.2, 0.25) is 0 Å². The van der Waals surface area contributed by atoms with Crippen molar-refractivity contribution in [2.45, 2.75) is 39.9 Å². The zero-order valence-corrected chi connectivity index (χ0v) is 14.5. The summed E-state index contributed by atoms with van der Waals surface area (Å²) in [6.45, 7) is 5.61. The predicted octanol–water partition coefficient (Wildman–Crippen LogP) is 3.40. The average Bonchev–Trinajstić information content (AvgIpc) is 2.85. The number of aromatic nitrogens is 2. The molecule has 138 valence electrons. The number of alkyl halides is 3. The molecule has 0 spiro atoms. The van der Waals surface area contributed by atoms with Crippen molar-refractivity contribution >= 4 is 16.9 Å². The standard InChI is InChI=1S/C17H22F3N3O2/c1-4-11(3)9-22(5-2)15(24)12-6-7-13-14(8-12)23(16(25)21-13)10-17(18,19)20/h6-8,11H,4-5,9-10H2,1-3H3,(H,21,25). The maximum atomic E-state index is 12.7. The van der Waals surface area contributed by atoms with E-state index in [0.717, 1.165) is 6.42 Å². The zero-order chi connectivity index (χ0) is 18.8. The highest BCUT2D eigenvalue weighted by atomic mass is 19.4. The minimum Gasteiger partial charge on any atom is -0.339 e. The number of halogens is 3. The molecule has 2 rings (SSSR count). The van der Waals surface area contributed by atoms with E-state index in [1.165, 1.54) is 18.2 Å². The van der Waals surface area contributed by atoms with Gasteiger partial charge in [-0.3, -0.25) is 9.36 Å². The Kier molecular flexibility index (Phi) is 5.59.